The quantitative estimate of drug-likeness (QED) is 0.702. The second kappa shape index (κ2) is 5.89. The first kappa shape index (κ1) is 15.9. The maximum atomic E-state index is 12.7. The van der Waals surface area contributed by atoms with Crippen molar-refractivity contribution in [2.24, 2.45) is 0 Å². The van der Waals surface area contributed by atoms with Crippen LogP contribution in [-0.4, -0.2) is 20.5 Å². The van der Waals surface area contributed by atoms with Gasteiger partial charge in [-0.25, -0.2) is 9.78 Å². The summed E-state index contributed by atoms with van der Waals surface area (Å²) in [5.41, 5.74) is -0.240. The number of carboxylic acid groups (broad SMARTS) is 1. The first-order valence-electron chi connectivity index (χ1n) is 6.34. The molecule has 4 nitrogen and oxygen atoms in total. The number of carboxylic acids is 1. The zero-order valence-corrected chi connectivity index (χ0v) is 13.0. The summed E-state index contributed by atoms with van der Waals surface area (Å²) in [5, 5.41) is 11.3. The van der Waals surface area contributed by atoms with Gasteiger partial charge in [0.25, 0.3) is 0 Å². The zero-order chi connectivity index (χ0) is 16.6. The van der Waals surface area contributed by atoms with Crippen LogP contribution in [0.1, 0.15) is 21.6 Å². The highest BCUT2D eigenvalue weighted by atomic mass is 32.2. The average molecular weight is 358 g/mol. The van der Waals surface area contributed by atoms with Crippen molar-refractivity contribution < 1.29 is 23.1 Å². The first-order valence-corrected chi connectivity index (χ1v) is 8.20. The van der Waals surface area contributed by atoms with Gasteiger partial charge in [0.15, 0.2) is 10.7 Å². The van der Waals surface area contributed by atoms with Crippen LogP contribution >= 0.6 is 23.1 Å². The molecule has 23 heavy (non-hydrogen) atoms. The summed E-state index contributed by atoms with van der Waals surface area (Å²) in [6.45, 7) is 0. The minimum absolute atomic E-state index is 0.0261. The number of thioether (sulfide) groups is 1. The number of fused-ring (bicyclic) bond motifs is 1. The van der Waals surface area contributed by atoms with Crippen molar-refractivity contribution in [1.82, 2.24) is 9.38 Å². The molecule has 0 unspecified atom stereocenters. The molecule has 2 aromatic heterocycles. The van der Waals surface area contributed by atoms with E-state index >= 15 is 0 Å². The summed E-state index contributed by atoms with van der Waals surface area (Å²) in [6, 6.07) is 4.97. The molecule has 0 fully saturated rings. The Morgan fingerprint density at radius 2 is 2.17 bits per heavy atom. The summed E-state index contributed by atoms with van der Waals surface area (Å²) < 4.78 is 39.6. The predicted octanol–water partition coefficient (Wildman–Crippen LogP) is 4.41. The van der Waals surface area contributed by atoms with Crippen LogP contribution in [0, 0.1) is 0 Å². The minimum Gasteiger partial charge on any atom is -0.476 e. The second-order valence-corrected chi connectivity index (χ2v) is 6.45. The number of halogens is 3. The van der Waals surface area contributed by atoms with Gasteiger partial charge in [-0.05, 0) is 11.6 Å². The molecule has 0 aliphatic rings. The van der Waals surface area contributed by atoms with E-state index in [1.54, 1.807) is 17.6 Å². The number of imidazole rings is 1. The van der Waals surface area contributed by atoms with Crippen LogP contribution in [0.5, 0.6) is 0 Å². The Morgan fingerprint density at radius 3 is 2.87 bits per heavy atom. The summed E-state index contributed by atoms with van der Waals surface area (Å²) >= 11 is 2.40. The number of aromatic carboxylic acids is 1. The second-order valence-electron chi connectivity index (χ2n) is 4.61. The van der Waals surface area contributed by atoms with E-state index in [1.165, 1.54) is 21.8 Å². The summed E-state index contributed by atoms with van der Waals surface area (Å²) in [5.74, 6) is -0.919. The number of aromatic nitrogens is 2. The van der Waals surface area contributed by atoms with Crippen molar-refractivity contribution >= 4 is 34.0 Å². The largest absolute Gasteiger partial charge is 0.476 e. The molecule has 3 aromatic rings. The molecule has 0 saturated heterocycles. The molecular weight excluding hydrogens is 349 g/mol. The normalized spacial score (nSPS) is 12.0. The highest BCUT2D eigenvalue weighted by Crippen LogP contribution is 2.32. The summed E-state index contributed by atoms with van der Waals surface area (Å²) in [6.07, 6.45) is -2.80. The van der Waals surface area contributed by atoms with E-state index in [2.05, 4.69) is 4.98 Å². The monoisotopic (exact) mass is 358 g/mol. The van der Waals surface area contributed by atoms with Crippen LogP contribution in [0.4, 0.5) is 13.2 Å². The molecule has 1 N–H and O–H groups in total. The number of benzene rings is 1. The van der Waals surface area contributed by atoms with E-state index < -0.39 is 17.7 Å². The third-order valence-corrected chi connectivity index (χ3v) is 4.85. The van der Waals surface area contributed by atoms with Crippen molar-refractivity contribution in [2.45, 2.75) is 17.0 Å². The lowest BCUT2D eigenvalue weighted by Crippen LogP contribution is -2.05. The molecule has 0 atom stereocenters. The van der Waals surface area contributed by atoms with Crippen molar-refractivity contribution in [3.63, 3.8) is 0 Å². The number of nitrogens with zero attached hydrogens (tertiary/aromatic N) is 2. The van der Waals surface area contributed by atoms with Gasteiger partial charge in [0, 0.05) is 17.3 Å². The molecule has 2 heterocycles. The fourth-order valence-corrected chi connectivity index (χ4v) is 3.78. The van der Waals surface area contributed by atoms with E-state index in [1.807, 2.05) is 0 Å². The molecule has 0 bridgehead atoms. The van der Waals surface area contributed by atoms with Gasteiger partial charge in [-0.1, -0.05) is 30.0 Å². The molecule has 0 radical (unpaired) electrons. The van der Waals surface area contributed by atoms with Crippen LogP contribution in [-0.2, 0) is 11.9 Å². The Bertz CT molecular complexity index is 870. The summed E-state index contributed by atoms with van der Waals surface area (Å²) in [7, 11) is 0. The molecule has 0 aliphatic carbocycles. The smallest absolute Gasteiger partial charge is 0.416 e. The van der Waals surface area contributed by atoms with Gasteiger partial charge < -0.3 is 5.11 Å². The van der Waals surface area contributed by atoms with E-state index in [4.69, 9.17) is 0 Å². The standard InChI is InChI=1S/C14H9F3N2O2S2/c15-14(16,17)9-3-1-2-8(6-9)7-23-11-10(12(20)21)19-4-5-22-13(19)18-11/h1-6H,7H2,(H,20,21). The SMILES string of the molecule is O=C(O)c1c(SCc2cccc(C(F)(F)F)c2)nc2sccn12. The van der Waals surface area contributed by atoms with Gasteiger partial charge in [-0.15, -0.1) is 11.3 Å². The van der Waals surface area contributed by atoms with E-state index in [0.717, 1.165) is 23.9 Å². The van der Waals surface area contributed by atoms with E-state index in [0.29, 0.717) is 15.6 Å². The van der Waals surface area contributed by atoms with E-state index in [-0.39, 0.29) is 11.4 Å². The maximum Gasteiger partial charge on any atom is 0.416 e. The Balaban J connectivity index is 1.85. The van der Waals surface area contributed by atoms with Crippen molar-refractivity contribution in [3.8, 4) is 0 Å². The van der Waals surface area contributed by atoms with Crippen molar-refractivity contribution in [3.05, 3.63) is 52.7 Å². The van der Waals surface area contributed by atoms with Gasteiger partial charge in [0.05, 0.1) is 5.56 Å². The molecular formula is C14H9F3N2O2S2. The van der Waals surface area contributed by atoms with Gasteiger partial charge in [-0.3, -0.25) is 4.40 Å². The van der Waals surface area contributed by atoms with Crippen LogP contribution in [0.15, 0.2) is 40.9 Å². The van der Waals surface area contributed by atoms with Crippen LogP contribution in [0.25, 0.3) is 4.96 Å². The molecule has 120 valence electrons. The number of hydrogen-bond acceptors (Lipinski definition) is 4. The highest BCUT2D eigenvalue weighted by Gasteiger charge is 2.30. The Labute approximate surface area is 136 Å². The number of rotatable bonds is 4. The van der Waals surface area contributed by atoms with Crippen LogP contribution < -0.4 is 0 Å². The molecule has 0 amide bonds. The molecule has 0 saturated carbocycles. The lowest BCUT2D eigenvalue weighted by molar-refractivity contribution is -0.137. The summed E-state index contributed by atoms with van der Waals surface area (Å²) in [4.78, 5) is 16.1. The van der Waals surface area contributed by atoms with E-state index in [9.17, 15) is 23.1 Å². The van der Waals surface area contributed by atoms with Gasteiger partial charge in [-0.2, -0.15) is 13.2 Å². The molecule has 9 heteroatoms. The zero-order valence-electron chi connectivity index (χ0n) is 11.4. The highest BCUT2D eigenvalue weighted by molar-refractivity contribution is 7.98. The Hall–Kier alpha value is -2.00. The first-order chi connectivity index (χ1) is 10.9. The molecule has 0 aliphatic heterocycles. The van der Waals surface area contributed by atoms with Crippen LogP contribution in [0.2, 0.25) is 0 Å². The minimum atomic E-state index is -4.40. The topological polar surface area (TPSA) is 54.6 Å². The number of alkyl halides is 3. The maximum absolute atomic E-state index is 12.7. The Kier molecular flexibility index (Phi) is 4.07. The predicted molar refractivity (Wildman–Crippen MR) is 81.0 cm³/mol. The number of hydrogen-bond donors (Lipinski definition) is 1. The van der Waals surface area contributed by atoms with Gasteiger partial charge in [0.1, 0.15) is 5.03 Å². The molecule has 1 aromatic carbocycles. The number of carbonyl (C=O) groups is 1. The average Bonchev–Trinajstić information content (AvgIpc) is 3.04. The third-order valence-electron chi connectivity index (χ3n) is 3.06. The van der Waals surface area contributed by atoms with Crippen molar-refractivity contribution in [2.75, 3.05) is 0 Å². The molecule has 0 spiro atoms. The third kappa shape index (κ3) is 3.20. The number of thiazole rings is 1. The van der Waals surface area contributed by atoms with Crippen molar-refractivity contribution in [1.29, 1.82) is 0 Å². The lowest BCUT2D eigenvalue weighted by Gasteiger charge is -2.08. The van der Waals surface area contributed by atoms with Gasteiger partial charge >= 0.3 is 12.1 Å². The Morgan fingerprint density at radius 1 is 1.39 bits per heavy atom. The van der Waals surface area contributed by atoms with Crippen LogP contribution in [0.3, 0.4) is 0 Å². The fraction of sp³-hybridized carbons (Fsp3) is 0.143. The fourth-order valence-electron chi connectivity index (χ4n) is 2.05. The molecule has 3 rings (SSSR count). The lowest BCUT2D eigenvalue weighted by atomic mass is 10.1. The van der Waals surface area contributed by atoms with Gasteiger partial charge in [0.2, 0.25) is 0 Å².